The van der Waals surface area contributed by atoms with Crippen molar-refractivity contribution in [2.75, 3.05) is 0 Å². The first-order valence-corrected chi connectivity index (χ1v) is 15.5. The summed E-state index contributed by atoms with van der Waals surface area (Å²) in [5, 5.41) is 7.61. The standard InChI is InChI=1S/C43H27N3/c1-2-20-46-41(3-1)38-13-9-33-10-14-39-37(12-8-32-11-15-40(38)43(33)42(32)39)31-6-4-28(5-7-31)34-25-35(29-16-21-44-22-17-29)27-36(26-34)30-18-23-45-24-19-30/h1-27H. The Hall–Kier alpha value is -6.19. The summed E-state index contributed by atoms with van der Waals surface area (Å²) in [6.45, 7) is 0. The molecule has 0 saturated heterocycles. The summed E-state index contributed by atoms with van der Waals surface area (Å²) in [6.07, 6.45) is 9.25. The summed E-state index contributed by atoms with van der Waals surface area (Å²) < 4.78 is 0. The van der Waals surface area contributed by atoms with Crippen molar-refractivity contribution in [3.05, 3.63) is 164 Å². The van der Waals surface area contributed by atoms with Crippen LogP contribution >= 0.6 is 0 Å². The highest BCUT2D eigenvalue weighted by Gasteiger charge is 2.15. The monoisotopic (exact) mass is 585 g/mol. The molecule has 214 valence electrons. The molecule has 9 aromatic rings. The van der Waals surface area contributed by atoms with E-state index >= 15 is 0 Å². The van der Waals surface area contributed by atoms with Crippen molar-refractivity contribution >= 4 is 32.3 Å². The van der Waals surface area contributed by atoms with Gasteiger partial charge in [0.15, 0.2) is 0 Å². The molecule has 3 heterocycles. The second-order valence-corrected chi connectivity index (χ2v) is 11.7. The lowest BCUT2D eigenvalue weighted by atomic mass is 9.87. The maximum absolute atomic E-state index is 4.67. The van der Waals surface area contributed by atoms with Crippen LogP contribution in [0.3, 0.4) is 0 Å². The van der Waals surface area contributed by atoms with Gasteiger partial charge in [-0.15, -0.1) is 0 Å². The van der Waals surface area contributed by atoms with Crippen molar-refractivity contribution in [1.29, 1.82) is 0 Å². The second kappa shape index (κ2) is 10.8. The zero-order chi connectivity index (χ0) is 30.5. The van der Waals surface area contributed by atoms with Crippen LogP contribution in [-0.4, -0.2) is 15.0 Å². The molecule has 3 aromatic heterocycles. The molecule has 3 nitrogen and oxygen atoms in total. The molecule has 0 aliphatic rings. The molecule has 0 saturated carbocycles. The summed E-state index contributed by atoms with van der Waals surface area (Å²) in [7, 11) is 0. The Bertz CT molecular complexity index is 2430. The van der Waals surface area contributed by atoms with Crippen LogP contribution in [0.2, 0.25) is 0 Å². The predicted octanol–water partition coefficient (Wildman–Crippen LogP) is 11.1. The fourth-order valence-corrected chi connectivity index (χ4v) is 6.86. The van der Waals surface area contributed by atoms with E-state index in [9.17, 15) is 0 Å². The molecule has 0 atom stereocenters. The van der Waals surface area contributed by atoms with Crippen LogP contribution in [0.25, 0.3) is 88.1 Å². The number of aromatic nitrogens is 3. The Balaban J connectivity index is 1.17. The van der Waals surface area contributed by atoms with Gasteiger partial charge in [-0.25, -0.2) is 0 Å². The van der Waals surface area contributed by atoms with Gasteiger partial charge < -0.3 is 0 Å². The SMILES string of the molecule is c1ccc(-c2ccc3ccc4c(-c5ccc(-c6cc(-c7ccncc7)cc(-c7ccncc7)c6)cc5)ccc5ccc2c3c54)nc1. The Labute approximate surface area is 266 Å². The van der Waals surface area contributed by atoms with Crippen LogP contribution in [0.15, 0.2) is 164 Å². The van der Waals surface area contributed by atoms with Gasteiger partial charge in [-0.05, 0) is 131 Å². The highest BCUT2D eigenvalue weighted by Crippen LogP contribution is 2.42. The van der Waals surface area contributed by atoms with E-state index in [-0.39, 0.29) is 0 Å². The average Bonchev–Trinajstić information content (AvgIpc) is 3.14. The first-order valence-electron chi connectivity index (χ1n) is 15.5. The van der Waals surface area contributed by atoms with Gasteiger partial charge in [0.2, 0.25) is 0 Å². The minimum Gasteiger partial charge on any atom is -0.265 e. The summed E-state index contributed by atoms with van der Waals surface area (Å²) in [4.78, 5) is 13.1. The van der Waals surface area contributed by atoms with Crippen LogP contribution in [0.4, 0.5) is 0 Å². The topological polar surface area (TPSA) is 38.7 Å². The molecule has 0 unspecified atom stereocenters. The summed E-state index contributed by atoms with van der Waals surface area (Å²) >= 11 is 0. The quantitative estimate of drug-likeness (QED) is 0.189. The summed E-state index contributed by atoms with van der Waals surface area (Å²) in [6, 6.07) is 48.1. The Morgan fingerprint density at radius 3 is 1.35 bits per heavy atom. The van der Waals surface area contributed by atoms with E-state index in [1.807, 2.05) is 37.1 Å². The third-order valence-corrected chi connectivity index (χ3v) is 9.10. The Morgan fingerprint density at radius 2 is 0.804 bits per heavy atom. The number of benzene rings is 6. The van der Waals surface area contributed by atoms with Crippen molar-refractivity contribution in [3.63, 3.8) is 0 Å². The van der Waals surface area contributed by atoms with Gasteiger partial charge in [-0.1, -0.05) is 78.9 Å². The van der Waals surface area contributed by atoms with Gasteiger partial charge in [0.1, 0.15) is 0 Å². The van der Waals surface area contributed by atoms with Gasteiger partial charge in [-0.2, -0.15) is 0 Å². The summed E-state index contributed by atoms with van der Waals surface area (Å²) in [5.41, 5.74) is 11.5. The molecule has 0 radical (unpaired) electrons. The zero-order valence-electron chi connectivity index (χ0n) is 24.9. The highest BCUT2D eigenvalue weighted by molar-refractivity contribution is 6.27. The highest BCUT2D eigenvalue weighted by atomic mass is 14.7. The number of hydrogen-bond donors (Lipinski definition) is 0. The lowest BCUT2D eigenvalue weighted by Crippen LogP contribution is -1.90. The zero-order valence-corrected chi connectivity index (χ0v) is 24.9. The van der Waals surface area contributed by atoms with Crippen LogP contribution < -0.4 is 0 Å². The molecule has 0 spiro atoms. The van der Waals surface area contributed by atoms with Crippen LogP contribution in [0, 0.1) is 0 Å². The maximum Gasteiger partial charge on any atom is 0.0708 e. The fraction of sp³-hybridized carbons (Fsp3) is 0. The molecular weight excluding hydrogens is 558 g/mol. The first-order chi connectivity index (χ1) is 22.8. The Kier molecular flexibility index (Phi) is 6.14. The van der Waals surface area contributed by atoms with Crippen molar-refractivity contribution in [3.8, 4) is 55.8 Å². The molecule has 0 fully saturated rings. The van der Waals surface area contributed by atoms with Crippen LogP contribution in [-0.2, 0) is 0 Å². The van der Waals surface area contributed by atoms with E-state index in [2.05, 4.69) is 142 Å². The molecule has 6 aromatic carbocycles. The second-order valence-electron chi connectivity index (χ2n) is 11.7. The number of nitrogens with zero attached hydrogens (tertiary/aromatic N) is 3. The van der Waals surface area contributed by atoms with Gasteiger partial charge in [0.25, 0.3) is 0 Å². The minimum atomic E-state index is 0.997. The third kappa shape index (κ3) is 4.41. The average molecular weight is 586 g/mol. The van der Waals surface area contributed by atoms with Gasteiger partial charge >= 0.3 is 0 Å². The number of hydrogen-bond acceptors (Lipinski definition) is 3. The van der Waals surface area contributed by atoms with E-state index in [4.69, 9.17) is 0 Å². The normalized spacial score (nSPS) is 11.5. The van der Waals surface area contributed by atoms with Crippen LogP contribution in [0.1, 0.15) is 0 Å². The van der Waals surface area contributed by atoms with Gasteiger partial charge in [-0.3, -0.25) is 15.0 Å². The summed E-state index contributed by atoms with van der Waals surface area (Å²) in [5.74, 6) is 0. The van der Waals surface area contributed by atoms with Crippen molar-refractivity contribution in [1.82, 2.24) is 15.0 Å². The van der Waals surface area contributed by atoms with Gasteiger partial charge in [0.05, 0.1) is 5.69 Å². The van der Waals surface area contributed by atoms with E-state index in [0.29, 0.717) is 0 Å². The molecule has 0 aliphatic heterocycles. The maximum atomic E-state index is 4.67. The minimum absolute atomic E-state index is 0.997. The van der Waals surface area contributed by atoms with Crippen molar-refractivity contribution in [2.24, 2.45) is 0 Å². The van der Waals surface area contributed by atoms with Gasteiger partial charge in [0, 0.05) is 36.5 Å². The lowest BCUT2D eigenvalue weighted by Gasteiger charge is -2.16. The molecule has 0 amide bonds. The largest absolute Gasteiger partial charge is 0.265 e. The molecule has 9 rings (SSSR count). The Morgan fingerprint density at radius 1 is 0.326 bits per heavy atom. The lowest BCUT2D eigenvalue weighted by molar-refractivity contribution is 1.33. The molecule has 46 heavy (non-hydrogen) atoms. The predicted molar refractivity (Wildman–Crippen MR) is 191 cm³/mol. The number of pyridine rings is 3. The smallest absolute Gasteiger partial charge is 0.0708 e. The third-order valence-electron chi connectivity index (χ3n) is 9.10. The van der Waals surface area contributed by atoms with E-state index in [1.54, 1.807) is 0 Å². The fourth-order valence-electron chi connectivity index (χ4n) is 6.86. The molecule has 0 bridgehead atoms. The van der Waals surface area contributed by atoms with E-state index in [1.165, 1.54) is 54.6 Å². The first kappa shape index (κ1) is 26.2. The number of rotatable bonds is 5. The van der Waals surface area contributed by atoms with Crippen molar-refractivity contribution in [2.45, 2.75) is 0 Å². The van der Waals surface area contributed by atoms with E-state index in [0.717, 1.165) is 33.5 Å². The molecule has 0 aliphatic carbocycles. The van der Waals surface area contributed by atoms with Crippen molar-refractivity contribution < 1.29 is 0 Å². The van der Waals surface area contributed by atoms with E-state index < -0.39 is 0 Å². The molecule has 3 heteroatoms. The molecular formula is C43H27N3. The van der Waals surface area contributed by atoms with Crippen LogP contribution in [0.5, 0.6) is 0 Å². The molecule has 0 N–H and O–H groups in total.